The SMILES string of the molecule is Cc1ccc(NCCc2ccc([N+](=O)[O-])cc2)nn1. The molecule has 1 heterocycles. The fourth-order valence-electron chi connectivity index (χ4n) is 1.61. The molecule has 0 radical (unpaired) electrons. The highest BCUT2D eigenvalue weighted by atomic mass is 16.6. The van der Waals surface area contributed by atoms with Crippen LogP contribution in [0, 0.1) is 17.0 Å². The summed E-state index contributed by atoms with van der Waals surface area (Å²) in [6, 6.07) is 10.3. The van der Waals surface area contributed by atoms with Crippen LogP contribution in [0.5, 0.6) is 0 Å². The minimum absolute atomic E-state index is 0.112. The Morgan fingerprint density at radius 2 is 1.89 bits per heavy atom. The van der Waals surface area contributed by atoms with Crippen molar-refractivity contribution in [1.29, 1.82) is 0 Å². The molecule has 0 aliphatic rings. The summed E-state index contributed by atoms with van der Waals surface area (Å²) in [6.07, 6.45) is 0.771. The number of non-ortho nitro benzene ring substituents is 1. The summed E-state index contributed by atoms with van der Waals surface area (Å²) in [5.41, 5.74) is 2.03. The normalized spacial score (nSPS) is 10.2. The molecule has 0 aliphatic carbocycles. The van der Waals surface area contributed by atoms with Gasteiger partial charge in [-0.05, 0) is 31.0 Å². The molecule has 0 saturated heterocycles. The number of anilines is 1. The van der Waals surface area contributed by atoms with Crippen LogP contribution >= 0.6 is 0 Å². The quantitative estimate of drug-likeness (QED) is 0.657. The molecule has 0 unspecified atom stereocenters. The summed E-state index contributed by atoms with van der Waals surface area (Å²) >= 11 is 0. The van der Waals surface area contributed by atoms with Crippen LogP contribution in [0.15, 0.2) is 36.4 Å². The fourth-order valence-corrected chi connectivity index (χ4v) is 1.61. The molecule has 2 aromatic rings. The van der Waals surface area contributed by atoms with E-state index in [0.717, 1.165) is 23.5 Å². The van der Waals surface area contributed by atoms with E-state index < -0.39 is 4.92 Å². The van der Waals surface area contributed by atoms with Gasteiger partial charge in [-0.1, -0.05) is 12.1 Å². The first kappa shape index (κ1) is 12.9. The van der Waals surface area contributed by atoms with Gasteiger partial charge in [-0.25, -0.2) is 0 Å². The molecular formula is C13H14N4O2. The van der Waals surface area contributed by atoms with Crippen LogP contribution in [0.4, 0.5) is 11.5 Å². The van der Waals surface area contributed by atoms with E-state index in [1.54, 1.807) is 12.1 Å². The molecule has 19 heavy (non-hydrogen) atoms. The van der Waals surface area contributed by atoms with E-state index in [-0.39, 0.29) is 5.69 Å². The monoisotopic (exact) mass is 258 g/mol. The third kappa shape index (κ3) is 3.74. The number of nitrogens with one attached hydrogen (secondary N) is 1. The van der Waals surface area contributed by atoms with Gasteiger partial charge in [-0.2, -0.15) is 5.10 Å². The number of nitro benzene ring substituents is 1. The van der Waals surface area contributed by atoms with Crippen molar-refractivity contribution < 1.29 is 4.92 Å². The zero-order chi connectivity index (χ0) is 13.7. The minimum atomic E-state index is -0.399. The van der Waals surface area contributed by atoms with Crippen molar-refractivity contribution in [3.05, 3.63) is 57.8 Å². The molecule has 0 saturated carbocycles. The van der Waals surface area contributed by atoms with E-state index in [1.807, 2.05) is 19.1 Å². The van der Waals surface area contributed by atoms with Gasteiger partial charge in [0.2, 0.25) is 0 Å². The maximum Gasteiger partial charge on any atom is 0.269 e. The predicted octanol–water partition coefficient (Wildman–Crippen LogP) is 2.35. The number of aromatic nitrogens is 2. The molecule has 0 bridgehead atoms. The van der Waals surface area contributed by atoms with E-state index >= 15 is 0 Å². The molecule has 2 rings (SSSR count). The number of benzene rings is 1. The molecule has 0 fully saturated rings. The number of rotatable bonds is 5. The van der Waals surface area contributed by atoms with Gasteiger partial charge >= 0.3 is 0 Å². The van der Waals surface area contributed by atoms with Crippen LogP contribution in [0.3, 0.4) is 0 Å². The lowest BCUT2D eigenvalue weighted by Gasteiger charge is -2.05. The molecule has 0 atom stereocenters. The first-order chi connectivity index (χ1) is 9.15. The number of hydrogen-bond acceptors (Lipinski definition) is 5. The van der Waals surface area contributed by atoms with E-state index in [4.69, 9.17) is 0 Å². The van der Waals surface area contributed by atoms with E-state index in [2.05, 4.69) is 15.5 Å². The summed E-state index contributed by atoms with van der Waals surface area (Å²) in [5, 5.41) is 21.6. The summed E-state index contributed by atoms with van der Waals surface area (Å²) < 4.78 is 0. The molecule has 1 aromatic carbocycles. The van der Waals surface area contributed by atoms with E-state index in [1.165, 1.54) is 12.1 Å². The molecule has 0 spiro atoms. The van der Waals surface area contributed by atoms with Crippen LogP contribution in [0.1, 0.15) is 11.3 Å². The maximum atomic E-state index is 10.5. The Hall–Kier alpha value is -2.50. The van der Waals surface area contributed by atoms with Gasteiger partial charge in [0.15, 0.2) is 0 Å². The summed E-state index contributed by atoms with van der Waals surface area (Å²) in [5.74, 6) is 0.729. The van der Waals surface area contributed by atoms with Gasteiger partial charge in [-0.3, -0.25) is 10.1 Å². The smallest absolute Gasteiger partial charge is 0.269 e. The maximum absolute atomic E-state index is 10.5. The predicted molar refractivity (Wildman–Crippen MR) is 72.1 cm³/mol. The van der Waals surface area contributed by atoms with Gasteiger partial charge in [0.05, 0.1) is 10.6 Å². The Morgan fingerprint density at radius 3 is 2.47 bits per heavy atom. The zero-order valence-electron chi connectivity index (χ0n) is 10.5. The average molecular weight is 258 g/mol. The summed E-state index contributed by atoms with van der Waals surface area (Å²) in [6.45, 7) is 2.59. The Balaban J connectivity index is 1.85. The van der Waals surface area contributed by atoms with Gasteiger partial charge in [0.25, 0.3) is 5.69 Å². The first-order valence-corrected chi connectivity index (χ1v) is 5.93. The van der Waals surface area contributed by atoms with Gasteiger partial charge < -0.3 is 5.32 Å². The first-order valence-electron chi connectivity index (χ1n) is 5.93. The number of hydrogen-bond donors (Lipinski definition) is 1. The van der Waals surface area contributed by atoms with Crippen LogP contribution in [-0.4, -0.2) is 21.7 Å². The van der Waals surface area contributed by atoms with Crippen LogP contribution < -0.4 is 5.32 Å². The standard InChI is InChI=1S/C13H14N4O2/c1-10-2-7-13(16-15-10)14-9-8-11-3-5-12(6-4-11)17(18)19/h2-7H,8-9H2,1H3,(H,14,16). The Labute approximate surface area is 110 Å². The van der Waals surface area contributed by atoms with Gasteiger partial charge in [0, 0.05) is 18.7 Å². The largest absolute Gasteiger partial charge is 0.368 e. The van der Waals surface area contributed by atoms with Crippen molar-refractivity contribution in [1.82, 2.24) is 10.2 Å². The Morgan fingerprint density at radius 1 is 1.16 bits per heavy atom. The van der Waals surface area contributed by atoms with Gasteiger partial charge in [-0.15, -0.1) is 5.10 Å². The van der Waals surface area contributed by atoms with E-state index in [9.17, 15) is 10.1 Å². The van der Waals surface area contributed by atoms with Crippen molar-refractivity contribution in [3.8, 4) is 0 Å². The fraction of sp³-hybridized carbons (Fsp3) is 0.231. The molecule has 0 aliphatic heterocycles. The number of nitro groups is 1. The topological polar surface area (TPSA) is 81.0 Å². The second kappa shape index (κ2) is 5.90. The van der Waals surface area contributed by atoms with E-state index in [0.29, 0.717) is 6.54 Å². The molecule has 1 N–H and O–H groups in total. The minimum Gasteiger partial charge on any atom is -0.368 e. The van der Waals surface area contributed by atoms with Crippen LogP contribution in [0.2, 0.25) is 0 Å². The molecule has 98 valence electrons. The van der Waals surface area contributed by atoms with Crippen molar-refractivity contribution in [2.75, 3.05) is 11.9 Å². The summed E-state index contributed by atoms with van der Waals surface area (Å²) in [4.78, 5) is 10.1. The molecule has 6 heteroatoms. The lowest BCUT2D eigenvalue weighted by atomic mass is 10.1. The molecule has 1 aromatic heterocycles. The highest BCUT2D eigenvalue weighted by Crippen LogP contribution is 2.12. The third-order valence-corrected chi connectivity index (χ3v) is 2.66. The summed E-state index contributed by atoms with van der Waals surface area (Å²) in [7, 11) is 0. The van der Waals surface area contributed by atoms with Crippen LogP contribution in [0.25, 0.3) is 0 Å². The zero-order valence-corrected chi connectivity index (χ0v) is 10.5. The van der Waals surface area contributed by atoms with Crippen molar-refractivity contribution in [2.24, 2.45) is 0 Å². The second-order valence-corrected chi connectivity index (χ2v) is 4.16. The number of aryl methyl sites for hydroxylation is 1. The lowest BCUT2D eigenvalue weighted by molar-refractivity contribution is -0.384. The van der Waals surface area contributed by atoms with Gasteiger partial charge in [0.1, 0.15) is 5.82 Å². The third-order valence-electron chi connectivity index (χ3n) is 2.66. The van der Waals surface area contributed by atoms with Crippen molar-refractivity contribution >= 4 is 11.5 Å². The Bertz CT molecular complexity index is 552. The Kier molecular flexibility index (Phi) is 4.02. The van der Waals surface area contributed by atoms with Crippen molar-refractivity contribution in [2.45, 2.75) is 13.3 Å². The number of nitrogens with zero attached hydrogens (tertiary/aromatic N) is 3. The highest BCUT2D eigenvalue weighted by molar-refractivity contribution is 5.35. The van der Waals surface area contributed by atoms with Crippen LogP contribution in [-0.2, 0) is 6.42 Å². The molecule has 6 nitrogen and oxygen atoms in total. The molecular weight excluding hydrogens is 244 g/mol. The molecule has 0 amide bonds. The van der Waals surface area contributed by atoms with Crippen molar-refractivity contribution in [3.63, 3.8) is 0 Å². The second-order valence-electron chi connectivity index (χ2n) is 4.16. The lowest BCUT2D eigenvalue weighted by Crippen LogP contribution is -2.07. The highest BCUT2D eigenvalue weighted by Gasteiger charge is 2.03. The average Bonchev–Trinajstić information content (AvgIpc) is 2.41.